The molecular weight excluding hydrogens is 458 g/mol. The Balaban J connectivity index is 2.22. The van der Waals surface area contributed by atoms with Gasteiger partial charge in [0, 0.05) is 23.7 Å². The molecule has 0 aromatic heterocycles. The normalized spacial score (nSPS) is 19.8. The first kappa shape index (κ1) is 25.2. The van der Waals surface area contributed by atoms with Crippen molar-refractivity contribution in [3.8, 4) is 5.75 Å². The fraction of sp³-hybridized carbons (Fsp3) is 0.400. The van der Waals surface area contributed by atoms with Gasteiger partial charge in [0.2, 0.25) is 0 Å². The van der Waals surface area contributed by atoms with Crippen LogP contribution in [0.3, 0.4) is 0 Å². The van der Waals surface area contributed by atoms with Crippen molar-refractivity contribution >= 4 is 38.9 Å². The van der Waals surface area contributed by atoms with E-state index in [1.807, 2.05) is 42.7 Å². The smallest absolute Gasteiger partial charge is 0.331 e. The predicted molar refractivity (Wildman–Crippen MR) is 133 cm³/mol. The number of ether oxygens (including phenoxy) is 1. The molecule has 0 aliphatic carbocycles. The summed E-state index contributed by atoms with van der Waals surface area (Å²) in [6.45, 7) is 4.80. The molecule has 3 rings (SSSR count). The van der Waals surface area contributed by atoms with Crippen LogP contribution in [0.2, 0.25) is 0 Å². The average Bonchev–Trinajstić information content (AvgIpc) is 2.90. The molecule has 2 aromatic carbocycles. The Hall–Kier alpha value is -2.45. The van der Waals surface area contributed by atoms with E-state index in [-0.39, 0.29) is 16.1 Å². The van der Waals surface area contributed by atoms with Crippen LogP contribution in [0.5, 0.6) is 5.75 Å². The molecule has 6 nitrogen and oxygen atoms in total. The number of benzene rings is 2. The standard InChI is InChI=1S/C25H31NO5S2/c1-4-6-13-25(5-2)17-26(19-10-8-7-9-11-19)20-15-22(32-3)21(31-14-12-24(27)28)16-23(20)33(29,30)18-25/h7-12,14-16H,4-6,13,17-18H2,1-3H3,(H,27,28)/b14-12-/t25-/m0/s1. The highest BCUT2D eigenvalue weighted by Crippen LogP contribution is 2.47. The number of fused-ring (bicyclic) bond motifs is 1. The van der Waals surface area contributed by atoms with Crippen LogP contribution in [0, 0.1) is 5.41 Å². The van der Waals surface area contributed by atoms with E-state index in [2.05, 4.69) is 18.7 Å². The van der Waals surface area contributed by atoms with Gasteiger partial charge in [0.05, 0.1) is 33.6 Å². The van der Waals surface area contributed by atoms with Gasteiger partial charge in [-0.2, -0.15) is 0 Å². The summed E-state index contributed by atoms with van der Waals surface area (Å²) in [6.07, 6.45) is 7.38. The maximum absolute atomic E-state index is 13.7. The first-order valence-electron chi connectivity index (χ1n) is 11.1. The number of hydrogen-bond donors (Lipinski definition) is 1. The van der Waals surface area contributed by atoms with Crippen LogP contribution in [-0.4, -0.2) is 38.0 Å². The lowest BCUT2D eigenvalue weighted by Crippen LogP contribution is -2.37. The third-order valence-corrected chi connectivity index (χ3v) is 8.89. The van der Waals surface area contributed by atoms with E-state index in [0.29, 0.717) is 18.0 Å². The molecule has 0 unspecified atom stereocenters. The SMILES string of the molecule is CCCC[C@@]1(CC)CN(c2ccccc2)c2cc(SC)c(O/C=C\C(=O)O)cc2S(=O)(=O)C1. The second kappa shape index (κ2) is 10.7. The molecule has 0 saturated carbocycles. The maximum Gasteiger partial charge on any atom is 0.331 e. The highest BCUT2D eigenvalue weighted by atomic mass is 32.2. The molecule has 1 N–H and O–H groups in total. The number of hydrogen-bond acceptors (Lipinski definition) is 6. The molecule has 0 fully saturated rings. The van der Waals surface area contributed by atoms with E-state index < -0.39 is 15.8 Å². The zero-order valence-corrected chi connectivity index (χ0v) is 20.9. The number of aliphatic carboxylic acids is 1. The molecule has 0 amide bonds. The number of para-hydroxylation sites is 1. The van der Waals surface area contributed by atoms with Gasteiger partial charge in [-0.05, 0) is 37.3 Å². The molecule has 1 heterocycles. The Kier molecular flexibility index (Phi) is 8.13. The van der Waals surface area contributed by atoms with Gasteiger partial charge in [0.15, 0.2) is 9.84 Å². The summed E-state index contributed by atoms with van der Waals surface area (Å²) in [6, 6.07) is 13.3. The minimum absolute atomic E-state index is 0.0653. The molecule has 1 atom stereocenters. The van der Waals surface area contributed by atoms with Gasteiger partial charge < -0.3 is 14.7 Å². The minimum Gasteiger partial charge on any atom is -0.478 e. The topological polar surface area (TPSA) is 83.9 Å². The van der Waals surface area contributed by atoms with Crippen molar-refractivity contribution in [3.63, 3.8) is 0 Å². The van der Waals surface area contributed by atoms with Crippen LogP contribution in [0.1, 0.15) is 39.5 Å². The summed E-state index contributed by atoms with van der Waals surface area (Å²) in [4.78, 5) is 13.9. The zero-order chi connectivity index (χ0) is 24.1. The van der Waals surface area contributed by atoms with Gasteiger partial charge in [-0.25, -0.2) is 13.2 Å². The van der Waals surface area contributed by atoms with Crippen LogP contribution in [0.4, 0.5) is 11.4 Å². The van der Waals surface area contributed by atoms with Gasteiger partial charge in [-0.15, -0.1) is 11.8 Å². The molecule has 8 heteroatoms. The molecule has 0 spiro atoms. The number of anilines is 2. The van der Waals surface area contributed by atoms with E-state index in [4.69, 9.17) is 9.84 Å². The van der Waals surface area contributed by atoms with Gasteiger partial charge in [0.25, 0.3) is 0 Å². The Bertz CT molecular complexity index is 1120. The quantitative estimate of drug-likeness (QED) is 0.267. The van der Waals surface area contributed by atoms with Crippen molar-refractivity contribution in [3.05, 3.63) is 54.8 Å². The fourth-order valence-corrected chi connectivity index (χ4v) is 7.00. The van der Waals surface area contributed by atoms with E-state index in [1.165, 1.54) is 11.8 Å². The van der Waals surface area contributed by atoms with Crippen molar-refractivity contribution in [1.82, 2.24) is 0 Å². The van der Waals surface area contributed by atoms with Crippen molar-refractivity contribution in [2.45, 2.75) is 49.3 Å². The van der Waals surface area contributed by atoms with Crippen molar-refractivity contribution in [2.24, 2.45) is 5.41 Å². The van der Waals surface area contributed by atoms with Gasteiger partial charge in [-0.3, -0.25) is 0 Å². The second-order valence-corrected chi connectivity index (χ2v) is 11.2. The minimum atomic E-state index is -3.63. The largest absolute Gasteiger partial charge is 0.478 e. The van der Waals surface area contributed by atoms with E-state index in [1.54, 1.807) is 6.07 Å². The maximum atomic E-state index is 13.7. The summed E-state index contributed by atoms with van der Waals surface area (Å²) in [7, 11) is -3.63. The molecular formula is C25H31NO5S2. The third-order valence-electron chi connectivity index (χ3n) is 6.14. The van der Waals surface area contributed by atoms with Crippen molar-refractivity contribution in [1.29, 1.82) is 0 Å². The highest BCUT2D eigenvalue weighted by molar-refractivity contribution is 7.98. The lowest BCUT2D eigenvalue weighted by atomic mass is 9.81. The van der Waals surface area contributed by atoms with Crippen LogP contribution in [0.25, 0.3) is 0 Å². The van der Waals surface area contributed by atoms with Crippen molar-refractivity contribution in [2.75, 3.05) is 23.5 Å². The Morgan fingerprint density at radius 1 is 1.24 bits per heavy atom. The van der Waals surface area contributed by atoms with Crippen LogP contribution in [0.15, 0.2) is 64.6 Å². The molecule has 0 saturated heterocycles. The zero-order valence-electron chi connectivity index (χ0n) is 19.3. The number of carboxylic acid groups (broad SMARTS) is 1. The molecule has 178 valence electrons. The predicted octanol–water partition coefficient (Wildman–Crippen LogP) is 5.90. The van der Waals surface area contributed by atoms with Gasteiger partial charge in [-0.1, -0.05) is 44.9 Å². The number of carboxylic acids is 1. The third kappa shape index (κ3) is 5.73. The number of carbonyl (C=O) groups is 1. The van der Waals surface area contributed by atoms with Gasteiger partial charge >= 0.3 is 5.97 Å². The van der Waals surface area contributed by atoms with Crippen LogP contribution >= 0.6 is 11.8 Å². The number of thioether (sulfide) groups is 1. The Labute approximate surface area is 200 Å². The molecule has 1 aliphatic rings. The first-order valence-corrected chi connectivity index (χ1v) is 14.0. The monoisotopic (exact) mass is 489 g/mol. The van der Waals surface area contributed by atoms with Gasteiger partial charge in [0.1, 0.15) is 5.75 Å². The molecule has 2 aromatic rings. The average molecular weight is 490 g/mol. The first-order chi connectivity index (χ1) is 15.7. The van der Waals surface area contributed by atoms with E-state index in [9.17, 15) is 13.2 Å². The molecule has 0 radical (unpaired) electrons. The molecule has 33 heavy (non-hydrogen) atoms. The fourth-order valence-electron chi connectivity index (χ4n) is 4.29. The number of nitrogens with zero attached hydrogens (tertiary/aromatic N) is 1. The summed E-state index contributed by atoms with van der Waals surface area (Å²) >= 11 is 1.42. The summed E-state index contributed by atoms with van der Waals surface area (Å²) in [5.74, 6) is -0.745. The number of rotatable bonds is 9. The number of unbranched alkanes of at least 4 members (excludes halogenated alkanes) is 1. The van der Waals surface area contributed by atoms with E-state index >= 15 is 0 Å². The lowest BCUT2D eigenvalue weighted by molar-refractivity contribution is -0.131. The summed E-state index contributed by atoms with van der Waals surface area (Å²) in [5, 5.41) is 8.87. The number of sulfone groups is 1. The molecule has 1 aliphatic heterocycles. The molecule has 0 bridgehead atoms. The summed E-state index contributed by atoms with van der Waals surface area (Å²) in [5.41, 5.74) is 1.19. The highest BCUT2D eigenvalue weighted by Gasteiger charge is 2.41. The van der Waals surface area contributed by atoms with Crippen LogP contribution in [-0.2, 0) is 14.6 Å². The second-order valence-electron chi connectivity index (χ2n) is 8.37. The van der Waals surface area contributed by atoms with Crippen molar-refractivity contribution < 1.29 is 23.1 Å². The Morgan fingerprint density at radius 3 is 2.58 bits per heavy atom. The lowest BCUT2D eigenvalue weighted by Gasteiger charge is -2.36. The Morgan fingerprint density at radius 2 is 1.97 bits per heavy atom. The summed E-state index contributed by atoms with van der Waals surface area (Å²) < 4.78 is 33.0. The van der Waals surface area contributed by atoms with Crippen LogP contribution < -0.4 is 9.64 Å². The van der Waals surface area contributed by atoms with E-state index in [0.717, 1.165) is 48.6 Å².